The van der Waals surface area contributed by atoms with E-state index in [1.807, 2.05) is 57.2 Å². The van der Waals surface area contributed by atoms with E-state index < -0.39 is 5.60 Å². The van der Waals surface area contributed by atoms with Crippen LogP contribution in [0.3, 0.4) is 0 Å². The highest BCUT2D eigenvalue weighted by Crippen LogP contribution is 2.36. The van der Waals surface area contributed by atoms with E-state index in [0.717, 1.165) is 28.8 Å². The lowest BCUT2D eigenvalue weighted by Crippen LogP contribution is -2.43. The van der Waals surface area contributed by atoms with Gasteiger partial charge >= 0.3 is 6.09 Å². The van der Waals surface area contributed by atoms with E-state index in [1.54, 1.807) is 26.2 Å². The van der Waals surface area contributed by atoms with Crippen molar-refractivity contribution in [1.29, 1.82) is 0 Å². The minimum absolute atomic E-state index is 0.00495. The topological polar surface area (TPSA) is 119 Å². The minimum Gasteiger partial charge on any atom is -0.493 e. The molecule has 238 valence electrons. The summed E-state index contributed by atoms with van der Waals surface area (Å²) in [5.74, 6) is 1.24. The predicted molar refractivity (Wildman–Crippen MR) is 171 cm³/mol. The van der Waals surface area contributed by atoms with Crippen LogP contribution in [0, 0.1) is 11.8 Å². The maximum absolute atomic E-state index is 13.1. The Bertz CT molecular complexity index is 1370. The second-order valence-corrected chi connectivity index (χ2v) is 12.6. The van der Waals surface area contributed by atoms with Crippen molar-refractivity contribution in [3.05, 3.63) is 53.1 Å². The van der Waals surface area contributed by atoms with Crippen molar-refractivity contribution in [1.82, 2.24) is 10.2 Å². The van der Waals surface area contributed by atoms with Gasteiger partial charge in [-0.05, 0) is 82.2 Å². The van der Waals surface area contributed by atoms with Gasteiger partial charge in [-0.1, -0.05) is 19.1 Å². The van der Waals surface area contributed by atoms with E-state index >= 15 is 0 Å². The van der Waals surface area contributed by atoms with Gasteiger partial charge in [-0.15, -0.1) is 0 Å². The summed E-state index contributed by atoms with van der Waals surface area (Å²) in [5.41, 5.74) is 3.93. The number of methoxy groups -OCH3 is 2. The second kappa shape index (κ2) is 14.1. The highest BCUT2D eigenvalue weighted by molar-refractivity contribution is 6.14. The average Bonchev–Trinajstić information content (AvgIpc) is 3.13. The first-order valence-corrected chi connectivity index (χ1v) is 15.3. The molecule has 2 heterocycles. The molecule has 2 aliphatic rings. The molecule has 0 aliphatic carbocycles. The van der Waals surface area contributed by atoms with Crippen molar-refractivity contribution in [3.63, 3.8) is 0 Å². The van der Waals surface area contributed by atoms with Crippen molar-refractivity contribution in [2.24, 2.45) is 16.8 Å². The summed E-state index contributed by atoms with van der Waals surface area (Å²) >= 11 is 0. The zero-order valence-corrected chi connectivity index (χ0v) is 27.0. The van der Waals surface area contributed by atoms with Gasteiger partial charge in [0.05, 0.1) is 26.0 Å². The number of carbonyl (C=O) groups is 3. The molecule has 2 unspecified atom stereocenters. The predicted octanol–water partition coefficient (Wildman–Crippen LogP) is 5.21. The Morgan fingerprint density at radius 1 is 1.00 bits per heavy atom. The first-order chi connectivity index (χ1) is 20.9. The summed E-state index contributed by atoms with van der Waals surface area (Å²) in [5, 5.41) is 5.76. The van der Waals surface area contributed by atoms with Crippen molar-refractivity contribution in [2.45, 2.75) is 71.4 Å². The Hall–Kier alpha value is -4.08. The molecule has 44 heavy (non-hydrogen) atoms. The van der Waals surface area contributed by atoms with Crippen LogP contribution in [0.5, 0.6) is 11.5 Å². The number of rotatable bonds is 8. The molecular weight excluding hydrogens is 560 g/mol. The third-order valence-corrected chi connectivity index (χ3v) is 8.25. The number of hydrogen-bond donors (Lipinski definition) is 2. The molecule has 0 bridgehead atoms. The maximum Gasteiger partial charge on any atom is 0.410 e. The lowest BCUT2D eigenvalue weighted by Gasteiger charge is -2.32. The van der Waals surface area contributed by atoms with Gasteiger partial charge in [0.1, 0.15) is 5.60 Å². The summed E-state index contributed by atoms with van der Waals surface area (Å²) in [6.45, 7) is 8.67. The monoisotopic (exact) mass is 606 g/mol. The Morgan fingerprint density at radius 2 is 1.64 bits per heavy atom. The van der Waals surface area contributed by atoms with Gasteiger partial charge in [0.15, 0.2) is 11.5 Å². The molecule has 2 aliphatic heterocycles. The fourth-order valence-corrected chi connectivity index (χ4v) is 5.75. The molecule has 2 aromatic rings. The fourth-order valence-electron chi connectivity index (χ4n) is 5.75. The zero-order chi connectivity index (χ0) is 32.0. The van der Waals surface area contributed by atoms with Crippen LogP contribution in [0.15, 0.2) is 41.4 Å². The van der Waals surface area contributed by atoms with Crippen LogP contribution in [0.1, 0.15) is 70.1 Å². The SMILES string of the molecule is CNC(=O)CCC1N=C(c2ccc(NC(=O)C3CCN(C(=O)OC(C)(C)C)CC3)cc2)c2cc(OC)c(OC)cc2CC1C. The minimum atomic E-state index is -0.550. The van der Waals surface area contributed by atoms with Crippen molar-refractivity contribution in [2.75, 3.05) is 39.7 Å². The molecule has 0 spiro atoms. The van der Waals surface area contributed by atoms with Crippen molar-refractivity contribution in [3.8, 4) is 11.5 Å². The molecule has 2 aromatic carbocycles. The standard InChI is InChI=1S/C34H46N4O6/c1-21-18-24-19-28(42-6)29(43-7)20-26(24)31(37-27(21)12-13-30(39)35-5)22-8-10-25(11-9-22)36-32(40)23-14-16-38(17-15-23)33(41)44-34(2,3)4/h8-11,19-21,23,27H,12-18H2,1-7H3,(H,35,39)(H,36,40). The quantitative estimate of drug-likeness (QED) is 0.426. The van der Waals surface area contributed by atoms with Crippen molar-refractivity contribution < 1.29 is 28.6 Å². The Labute approximate surface area is 260 Å². The number of amides is 3. The number of nitrogens with zero attached hydrogens (tertiary/aromatic N) is 2. The van der Waals surface area contributed by atoms with Gasteiger partial charge in [-0.25, -0.2) is 4.79 Å². The van der Waals surface area contributed by atoms with Gasteiger partial charge in [-0.3, -0.25) is 14.6 Å². The number of ether oxygens (including phenoxy) is 3. The number of fused-ring (bicyclic) bond motifs is 1. The summed E-state index contributed by atoms with van der Waals surface area (Å²) in [4.78, 5) is 44.5. The van der Waals surface area contributed by atoms with Crippen LogP contribution in [0.4, 0.5) is 10.5 Å². The molecule has 2 atom stereocenters. The molecule has 4 rings (SSSR count). The summed E-state index contributed by atoms with van der Waals surface area (Å²) in [7, 11) is 4.89. The van der Waals surface area contributed by atoms with E-state index in [2.05, 4.69) is 17.6 Å². The molecule has 0 radical (unpaired) electrons. The lowest BCUT2D eigenvalue weighted by atomic mass is 9.89. The van der Waals surface area contributed by atoms with E-state index in [4.69, 9.17) is 19.2 Å². The van der Waals surface area contributed by atoms with E-state index in [1.165, 1.54) is 0 Å². The van der Waals surface area contributed by atoms with Crippen molar-refractivity contribution >= 4 is 29.3 Å². The summed E-state index contributed by atoms with van der Waals surface area (Å²) in [6.07, 6.45) is 2.63. The van der Waals surface area contributed by atoms with E-state index in [0.29, 0.717) is 56.0 Å². The first-order valence-electron chi connectivity index (χ1n) is 15.3. The largest absolute Gasteiger partial charge is 0.493 e. The third kappa shape index (κ3) is 8.09. The van der Waals surface area contributed by atoms with Crippen LogP contribution < -0.4 is 20.1 Å². The van der Waals surface area contributed by atoms with Gasteiger partial charge in [0.2, 0.25) is 11.8 Å². The summed E-state index contributed by atoms with van der Waals surface area (Å²) in [6, 6.07) is 11.6. The fraction of sp³-hybridized carbons (Fsp3) is 0.529. The number of aliphatic imine (C=N–C) groups is 1. The third-order valence-electron chi connectivity index (χ3n) is 8.25. The number of anilines is 1. The maximum atomic E-state index is 13.1. The highest BCUT2D eigenvalue weighted by Gasteiger charge is 2.31. The summed E-state index contributed by atoms with van der Waals surface area (Å²) < 4.78 is 16.7. The number of benzene rings is 2. The number of carbonyl (C=O) groups excluding carboxylic acids is 3. The lowest BCUT2D eigenvalue weighted by molar-refractivity contribution is -0.121. The first kappa shape index (κ1) is 32.8. The van der Waals surface area contributed by atoms with Gasteiger partial charge in [-0.2, -0.15) is 0 Å². The van der Waals surface area contributed by atoms with Crippen LogP contribution in [-0.2, 0) is 20.7 Å². The van der Waals surface area contributed by atoms with E-state index in [-0.39, 0.29) is 35.8 Å². The number of likely N-dealkylation sites (tertiary alicyclic amines) is 1. The zero-order valence-electron chi connectivity index (χ0n) is 27.0. The molecule has 2 N–H and O–H groups in total. The molecule has 3 amide bonds. The average molecular weight is 607 g/mol. The highest BCUT2D eigenvalue weighted by atomic mass is 16.6. The van der Waals surface area contributed by atoms with Crippen LogP contribution in [0.2, 0.25) is 0 Å². The molecule has 1 saturated heterocycles. The molecular formula is C34H46N4O6. The number of nitrogens with one attached hydrogen (secondary N) is 2. The second-order valence-electron chi connectivity index (χ2n) is 12.6. The number of hydrogen-bond acceptors (Lipinski definition) is 7. The van der Waals surface area contributed by atoms with Crippen LogP contribution in [0.25, 0.3) is 0 Å². The van der Waals surface area contributed by atoms with Crippen LogP contribution >= 0.6 is 0 Å². The van der Waals surface area contributed by atoms with E-state index in [9.17, 15) is 14.4 Å². The van der Waals surface area contributed by atoms with Gasteiger partial charge < -0.3 is 29.7 Å². The molecule has 10 nitrogen and oxygen atoms in total. The Balaban J connectivity index is 1.52. The van der Waals surface area contributed by atoms with Gasteiger partial charge in [0, 0.05) is 49.3 Å². The Kier molecular flexibility index (Phi) is 10.5. The molecule has 0 saturated carbocycles. The normalized spacial score (nSPS) is 18.8. The molecule has 1 fully saturated rings. The molecule has 0 aromatic heterocycles. The smallest absolute Gasteiger partial charge is 0.410 e. The van der Waals surface area contributed by atoms with Gasteiger partial charge in [0.25, 0.3) is 0 Å². The number of piperidine rings is 1. The van der Waals surface area contributed by atoms with Crippen LogP contribution in [-0.4, -0.2) is 74.5 Å². The molecule has 10 heteroatoms. The Morgan fingerprint density at radius 3 is 2.23 bits per heavy atom.